The molecule has 0 aliphatic rings. The number of thiazole rings is 1. The molecule has 1 heterocycles. The van der Waals surface area contributed by atoms with Gasteiger partial charge in [-0.3, -0.25) is 0 Å². The summed E-state index contributed by atoms with van der Waals surface area (Å²) < 4.78 is 14.2. The number of benzene rings is 1. The molecule has 106 valence electrons. The molecule has 0 saturated heterocycles. The molecule has 2 aromatic rings. The average molecular weight is 359 g/mol. The van der Waals surface area contributed by atoms with Gasteiger partial charge in [0.25, 0.3) is 0 Å². The molecule has 1 N–H and O–H groups in total. The lowest BCUT2D eigenvalue weighted by Gasteiger charge is -2.20. The Bertz CT molecular complexity index is 660. The summed E-state index contributed by atoms with van der Waals surface area (Å²) in [5, 5.41) is 11.8. The van der Waals surface area contributed by atoms with Crippen molar-refractivity contribution in [2.75, 3.05) is 11.9 Å². The zero-order valence-electron chi connectivity index (χ0n) is 10.9. The van der Waals surface area contributed by atoms with Crippen LogP contribution in [-0.2, 0) is 6.54 Å². The van der Waals surface area contributed by atoms with Crippen LogP contribution in [0, 0.1) is 12.7 Å². The van der Waals surface area contributed by atoms with E-state index in [1.807, 2.05) is 12.3 Å². The Balaban J connectivity index is 2.28. The highest BCUT2D eigenvalue weighted by molar-refractivity contribution is 9.10. The monoisotopic (exact) mass is 358 g/mol. The summed E-state index contributed by atoms with van der Waals surface area (Å²) in [5.74, 6) is -1.75. The molecule has 7 heteroatoms. The lowest BCUT2D eigenvalue weighted by Crippen LogP contribution is -2.18. The molecular weight excluding hydrogens is 347 g/mol. The van der Waals surface area contributed by atoms with E-state index >= 15 is 0 Å². The van der Waals surface area contributed by atoms with Crippen molar-refractivity contribution in [3.8, 4) is 0 Å². The van der Waals surface area contributed by atoms with Gasteiger partial charge in [-0.15, -0.1) is 11.3 Å². The molecule has 0 fully saturated rings. The first-order chi connectivity index (χ1) is 9.40. The van der Waals surface area contributed by atoms with E-state index in [9.17, 15) is 9.18 Å². The zero-order valence-corrected chi connectivity index (χ0v) is 13.3. The minimum absolute atomic E-state index is 0.0381. The summed E-state index contributed by atoms with van der Waals surface area (Å²) in [7, 11) is 1.74. The van der Waals surface area contributed by atoms with Crippen LogP contribution < -0.4 is 4.90 Å². The van der Waals surface area contributed by atoms with Gasteiger partial charge in [-0.2, -0.15) is 0 Å². The predicted octanol–water partition coefficient (Wildman–Crippen LogP) is 3.69. The zero-order chi connectivity index (χ0) is 14.9. The number of rotatable bonds is 4. The first-order valence-corrected chi connectivity index (χ1v) is 7.41. The van der Waals surface area contributed by atoms with Crippen LogP contribution >= 0.6 is 27.3 Å². The fourth-order valence-electron chi connectivity index (χ4n) is 1.81. The fraction of sp³-hybridized carbons (Fsp3) is 0.231. The molecular formula is C13H12BrFN2O2S. The minimum Gasteiger partial charge on any atom is -0.478 e. The Labute approximate surface area is 128 Å². The van der Waals surface area contributed by atoms with E-state index < -0.39 is 11.8 Å². The molecule has 20 heavy (non-hydrogen) atoms. The SMILES string of the molecule is Cc1nc(CN(C)c2ccc(C(=O)O)c(Br)c2F)cs1. The predicted molar refractivity (Wildman–Crippen MR) is 80.0 cm³/mol. The Morgan fingerprint density at radius 1 is 1.55 bits per heavy atom. The third-order valence-electron chi connectivity index (χ3n) is 2.77. The molecule has 0 bridgehead atoms. The number of halogens is 2. The second-order valence-electron chi connectivity index (χ2n) is 4.28. The Kier molecular flexibility index (Phi) is 4.39. The van der Waals surface area contributed by atoms with Crippen LogP contribution in [0.15, 0.2) is 22.0 Å². The molecule has 1 aromatic carbocycles. The topological polar surface area (TPSA) is 53.4 Å². The molecule has 1 aromatic heterocycles. The van der Waals surface area contributed by atoms with E-state index in [0.717, 1.165) is 10.7 Å². The standard InChI is InChI=1S/C13H12BrFN2O2S/c1-7-16-8(6-20-7)5-17(2)10-4-3-9(13(18)19)11(14)12(10)15/h3-4,6H,5H2,1-2H3,(H,18,19). The normalized spacial score (nSPS) is 10.6. The van der Waals surface area contributed by atoms with Crippen molar-refractivity contribution >= 4 is 38.9 Å². The van der Waals surface area contributed by atoms with Gasteiger partial charge >= 0.3 is 5.97 Å². The summed E-state index contributed by atoms with van der Waals surface area (Å²) in [5.41, 5.74) is 1.09. The van der Waals surface area contributed by atoms with E-state index in [2.05, 4.69) is 20.9 Å². The second-order valence-corrected chi connectivity index (χ2v) is 6.13. The molecule has 2 rings (SSSR count). The maximum atomic E-state index is 14.2. The highest BCUT2D eigenvalue weighted by atomic mass is 79.9. The Morgan fingerprint density at radius 3 is 2.80 bits per heavy atom. The van der Waals surface area contributed by atoms with Gasteiger partial charge < -0.3 is 10.0 Å². The number of carboxylic acid groups (broad SMARTS) is 1. The number of anilines is 1. The minimum atomic E-state index is -1.17. The van der Waals surface area contributed by atoms with Crippen molar-refractivity contribution in [1.82, 2.24) is 4.98 Å². The molecule has 0 saturated carbocycles. The van der Waals surface area contributed by atoms with Gasteiger partial charge in [0.1, 0.15) is 0 Å². The van der Waals surface area contributed by atoms with Crippen molar-refractivity contribution in [3.63, 3.8) is 0 Å². The molecule has 0 aliphatic heterocycles. The van der Waals surface area contributed by atoms with E-state index in [-0.39, 0.29) is 10.0 Å². The van der Waals surface area contributed by atoms with Crippen LogP contribution in [0.3, 0.4) is 0 Å². The quantitative estimate of drug-likeness (QED) is 0.905. The number of aromatic nitrogens is 1. The van der Waals surface area contributed by atoms with Gasteiger partial charge in [0.2, 0.25) is 0 Å². The number of nitrogens with zero attached hydrogens (tertiary/aromatic N) is 2. The second kappa shape index (κ2) is 5.88. The van der Waals surface area contributed by atoms with Crippen molar-refractivity contribution < 1.29 is 14.3 Å². The number of carboxylic acids is 1. The van der Waals surface area contributed by atoms with Crippen LogP contribution in [0.5, 0.6) is 0 Å². The van der Waals surface area contributed by atoms with E-state index in [1.54, 1.807) is 11.9 Å². The molecule has 0 radical (unpaired) electrons. The summed E-state index contributed by atoms with van der Waals surface area (Å²) in [6, 6.07) is 2.84. The lowest BCUT2D eigenvalue weighted by atomic mass is 10.2. The lowest BCUT2D eigenvalue weighted by molar-refractivity contribution is 0.0695. The first kappa shape index (κ1) is 14.9. The number of aromatic carboxylic acids is 1. The summed E-state index contributed by atoms with van der Waals surface area (Å²) >= 11 is 4.53. The summed E-state index contributed by atoms with van der Waals surface area (Å²) in [6.07, 6.45) is 0. The molecule has 0 atom stereocenters. The van der Waals surface area contributed by atoms with E-state index in [4.69, 9.17) is 5.11 Å². The highest BCUT2D eigenvalue weighted by Crippen LogP contribution is 2.29. The third kappa shape index (κ3) is 2.99. The maximum Gasteiger partial charge on any atom is 0.336 e. The summed E-state index contributed by atoms with van der Waals surface area (Å²) in [6.45, 7) is 2.37. The third-order valence-corrected chi connectivity index (χ3v) is 4.37. The van der Waals surface area contributed by atoms with Gasteiger partial charge in [0.15, 0.2) is 5.82 Å². The average Bonchev–Trinajstić information content (AvgIpc) is 2.77. The van der Waals surface area contributed by atoms with Gasteiger partial charge in [-0.05, 0) is 35.0 Å². The van der Waals surface area contributed by atoms with Crippen molar-refractivity contribution in [3.05, 3.63) is 44.1 Å². The van der Waals surface area contributed by atoms with E-state index in [1.165, 1.54) is 23.5 Å². The molecule has 0 spiro atoms. The molecule has 0 aliphatic carbocycles. The molecule has 0 amide bonds. The van der Waals surface area contributed by atoms with Crippen LogP contribution in [0.4, 0.5) is 10.1 Å². The van der Waals surface area contributed by atoms with E-state index in [0.29, 0.717) is 12.2 Å². The highest BCUT2D eigenvalue weighted by Gasteiger charge is 2.18. The van der Waals surface area contributed by atoms with Crippen molar-refractivity contribution in [2.45, 2.75) is 13.5 Å². The fourth-order valence-corrected chi connectivity index (χ4v) is 2.92. The van der Waals surface area contributed by atoms with Crippen LogP contribution in [0.1, 0.15) is 21.1 Å². The van der Waals surface area contributed by atoms with Crippen LogP contribution in [0.25, 0.3) is 0 Å². The Hall–Kier alpha value is -1.47. The number of carbonyl (C=O) groups is 1. The van der Waals surface area contributed by atoms with Gasteiger partial charge in [-0.25, -0.2) is 14.2 Å². The van der Waals surface area contributed by atoms with Gasteiger partial charge in [-0.1, -0.05) is 0 Å². The largest absolute Gasteiger partial charge is 0.478 e. The maximum absolute atomic E-state index is 14.2. The van der Waals surface area contributed by atoms with Crippen LogP contribution in [-0.4, -0.2) is 23.1 Å². The number of aryl methyl sites for hydroxylation is 1. The Morgan fingerprint density at radius 2 is 2.25 bits per heavy atom. The number of hydrogen-bond donors (Lipinski definition) is 1. The number of hydrogen-bond acceptors (Lipinski definition) is 4. The molecule has 0 unspecified atom stereocenters. The van der Waals surface area contributed by atoms with Crippen LogP contribution in [0.2, 0.25) is 0 Å². The van der Waals surface area contributed by atoms with Crippen molar-refractivity contribution in [2.24, 2.45) is 0 Å². The smallest absolute Gasteiger partial charge is 0.336 e. The van der Waals surface area contributed by atoms with Gasteiger partial charge in [0, 0.05) is 12.4 Å². The summed E-state index contributed by atoms with van der Waals surface area (Å²) in [4.78, 5) is 16.9. The molecule has 4 nitrogen and oxygen atoms in total. The van der Waals surface area contributed by atoms with Gasteiger partial charge in [0.05, 0.1) is 33.0 Å². The van der Waals surface area contributed by atoms with Crippen molar-refractivity contribution in [1.29, 1.82) is 0 Å². The first-order valence-electron chi connectivity index (χ1n) is 5.73.